The van der Waals surface area contributed by atoms with Crippen LogP contribution in [0.2, 0.25) is 0 Å². The minimum Gasteiger partial charge on any atom is -0.444 e. The summed E-state index contributed by atoms with van der Waals surface area (Å²) in [5, 5.41) is 3.90. The number of hydrogen-bond donors (Lipinski definition) is 2. The number of ether oxygens (including phenoxy) is 1. The molecule has 162 valence electrons. The van der Waals surface area contributed by atoms with Gasteiger partial charge < -0.3 is 20.5 Å². The Kier molecular flexibility index (Phi) is 6.00. The van der Waals surface area contributed by atoms with Crippen LogP contribution in [0.4, 0.5) is 4.79 Å². The molecule has 0 unspecified atom stereocenters. The zero-order chi connectivity index (χ0) is 22.1. The largest absolute Gasteiger partial charge is 0.444 e. The van der Waals surface area contributed by atoms with Crippen LogP contribution in [0.5, 0.6) is 0 Å². The van der Waals surface area contributed by atoms with E-state index < -0.39 is 5.60 Å². The summed E-state index contributed by atoms with van der Waals surface area (Å²) in [7, 11) is 0. The summed E-state index contributed by atoms with van der Waals surface area (Å²) in [5.74, 6) is 5.65. The number of likely N-dealkylation sites (tertiary alicyclic amines) is 1. The molecule has 0 aliphatic carbocycles. The molecule has 3 N–H and O–H groups in total. The van der Waals surface area contributed by atoms with Gasteiger partial charge in [0, 0.05) is 36.6 Å². The first kappa shape index (κ1) is 21.6. The fraction of sp³-hybridized carbons (Fsp3) is 0.524. The number of amides is 1. The first-order valence-electron chi connectivity index (χ1n) is 10.1. The van der Waals surface area contributed by atoms with Crippen LogP contribution in [0.25, 0.3) is 5.65 Å². The van der Waals surface area contributed by atoms with E-state index in [1.165, 1.54) is 6.07 Å². The third-order valence-electron chi connectivity index (χ3n) is 5.05. The van der Waals surface area contributed by atoms with Crippen LogP contribution in [0.3, 0.4) is 0 Å². The van der Waals surface area contributed by atoms with Crippen LogP contribution in [0, 0.1) is 6.92 Å². The van der Waals surface area contributed by atoms with E-state index in [1.54, 1.807) is 15.5 Å². The van der Waals surface area contributed by atoms with Crippen LogP contribution >= 0.6 is 0 Å². The highest BCUT2D eigenvalue weighted by atomic mass is 16.6. The molecule has 0 bridgehead atoms. The Hall–Kier alpha value is -3.10. The van der Waals surface area contributed by atoms with E-state index in [0.29, 0.717) is 35.7 Å². The fourth-order valence-corrected chi connectivity index (χ4v) is 3.64. The van der Waals surface area contributed by atoms with Crippen LogP contribution < -0.4 is 11.4 Å². The van der Waals surface area contributed by atoms with Crippen molar-refractivity contribution in [2.24, 2.45) is 15.9 Å². The number of carbonyl (C=O) groups is 1. The first-order valence-corrected chi connectivity index (χ1v) is 10.1. The summed E-state index contributed by atoms with van der Waals surface area (Å²) >= 11 is 0. The molecule has 3 heterocycles. The summed E-state index contributed by atoms with van der Waals surface area (Å²) in [6, 6.07) is 3.41. The standard InChI is InChI=1S/C21H30N6O3/c1-13-12-23-17-10-15(11-18(28)27(13)17)19(25-22)14(2)24-16-6-8-26(9-7-16)20(29)30-21(3,4)5/h10-12,16,23H,6-9,22H2,1-5H3/b24-14?,25-19+. The predicted octanol–water partition coefficient (Wildman–Crippen LogP) is 2.46. The number of nitrogens with two attached hydrogens (primary N) is 1. The number of aromatic nitrogens is 2. The SMILES string of the molecule is CC(=NC1CCN(C(=O)OC(C)(C)C)CC1)/C(=N\N)c1cc(=O)n2c(C)c[nH]c2c1. The molecule has 1 amide bonds. The van der Waals surface area contributed by atoms with E-state index in [2.05, 4.69) is 10.1 Å². The number of fused-ring (bicyclic) bond motifs is 1. The maximum atomic E-state index is 12.5. The van der Waals surface area contributed by atoms with E-state index in [9.17, 15) is 9.59 Å². The topological polar surface area (TPSA) is 118 Å². The van der Waals surface area contributed by atoms with Crippen molar-refractivity contribution >= 4 is 23.2 Å². The van der Waals surface area contributed by atoms with Gasteiger partial charge in [0.2, 0.25) is 0 Å². The number of nitrogens with one attached hydrogen (secondary N) is 1. The molecular formula is C21H30N6O3. The maximum absolute atomic E-state index is 12.5. The molecule has 0 atom stereocenters. The van der Waals surface area contributed by atoms with Gasteiger partial charge in [-0.05, 0) is 53.5 Å². The van der Waals surface area contributed by atoms with Crippen molar-refractivity contribution in [2.45, 2.75) is 59.1 Å². The van der Waals surface area contributed by atoms with Crippen LogP contribution in [-0.4, -0.2) is 56.5 Å². The van der Waals surface area contributed by atoms with Gasteiger partial charge in [0.1, 0.15) is 17.0 Å². The van der Waals surface area contributed by atoms with E-state index in [-0.39, 0.29) is 17.7 Å². The number of piperidine rings is 1. The number of aliphatic imine (C=N–C) groups is 1. The molecule has 30 heavy (non-hydrogen) atoms. The van der Waals surface area contributed by atoms with Crippen LogP contribution in [-0.2, 0) is 4.74 Å². The van der Waals surface area contributed by atoms with Gasteiger partial charge in [0.15, 0.2) is 0 Å². The molecule has 0 spiro atoms. The quantitative estimate of drug-likeness (QED) is 0.456. The van der Waals surface area contributed by atoms with Gasteiger partial charge in [0.05, 0.1) is 11.8 Å². The number of imidazole rings is 1. The van der Waals surface area contributed by atoms with Gasteiger partial charge in [-0.25, -0.2) is 4.79 Å². The second-order valence-corrected chi connectivity index (χ2v) is 8.62. The zero-order valence-electron chi connectivity index (χ0n) is 18.2. The number of hydrogen-bond acceptors (Lipinski definition) is 6. The molecule has 0 saturated carbocycles. The number of aromatic amines is 1. The van der Waals surface area contributed by atoms with Crippen molar-refractivity contribution < 1.29 is 9.53 Å². The molecular weight excluding hydrogens is 384 g/mol. The van der Waals surface area contributed by atoms with Gasteiger partial charge >= 0.3 is 6.09 Å². The van der Waals surface area contributed by atoms with Crippen molar-refractivity contribution in [3.63, 3.8) is 0 Å². The fourth-order valence-electron chi connectivity index (χ4n) is 3.64. The maximum Gasteiger partial charge on any atom is 0.410 e. The summed E-state index contributed by atoms with van der Waals surface area (Å²) in [6.07, 6.45) is 2.94. The molecule has 2 aromatic heterocycles. The zero-order valence-corrected chi connectivity index (χ0v) is 18.2. The average Bonchev–Trinajstić information content (AvgIpc) is 3.03. The number of nitrogens with zero attached hydrogens (tertiary/aromatic N) is 4. The van der Waals surface area contributed by atoms with Crippen molar-refractivity contribution in [3.8, 4) is 0 Å². The summed E-state index contributed by atoms with van der Waals surface area (Å²) in [4.78, 5) is 34.3. The lowest BCUT2D eigenvalue weighted by atomic mass is 10.0. The molecule has 0 aromatic carbocycles. The van der Waals surface area contributed by atoms with E-state index in [0.717, 1.165) is 18.5 Å². The molecule has 1 saturated heterocycles. The third-order valence-corrected chi connectivity index (χ3v) is 5.05. The molecule has 1 aliphatic heterocycles. The summed E-state index contributed by atoms with van der Waals surface area (Å²) in [6.45, 7) is 10.4. The van der Waals surface area contributed by atoms with Gasteiger partial charge in [-0.3, -0.25) is 14.2 Å². The van der Waals surface area contributed by atoms with E-state index in [1.807, 2.05) is 40.7 Å². The van der Waals surface area contributed by atoms with Crippen molar-refractivity contribution in [1.29, 1.82) is 0 Å². The number of hydrazone groups is 1. The Morgan fingerprint density at radius 2 is 1.93 bits per heavy atom. The Balaban J connectivity index is 1.72. The molecule has 0 radical (unpaired) electrons. The number of aryl methyl sites for hydroxylation is 1. The molecule has 1 fully saturated rings. The highest BCUT2D eigenvalue weighted by Crippen LogP contribution is 2.18. The average molecular weight is 415 g/mol. The smallest absolute Gasteiger partial charge is 0.410 e. The predicted molar refractivity (Wildman–Crippen MR) is 117 cm³/mol. The second-order valence-electron chi connectivity index (χ2n) is 8.62. The first-order chi connectivity index (χ1) is 14.1. The number of H-pyrrole nitrogens is 1. The Bertz CT molecular complexity index is 1050. The third kappa shape index (κ3) is 4.72. The van der Waals surface area contributed by atoms with Gasteiger partial charge in [-0.1, -0.05) is 0 Å². The Morgan fingerprint density at radius 1 is 1.27 bits per heavy atom. The van der Waals surface area contributed by atoms with Gasteiger partial charge in [-0.15, -0.1) is 0 Å². The lowest BCUT2D eigenvalue weighted by Gasteiger charge is -2.32. The van der Waals surface area contributed by atoms with Crippen molar-refractivity contribution in [2.75, 3.05) is 13.1 Å². The highest BCUT2D eigenvalue weighted by Gasteiger charge is 2.27. The van der Waals surface area contributed by atoms with Crippen molar-refractivity contribution in [3.05, 3.63) is 39.9 Å². The van der Waals surface area contributed by atoms with Gasteiger partial charge in [0.25, 0.3) is 5.56 Å². The minimum absolute atomic E-state index is 0.0537. The lowest BCUT2D eigenvalue weighted by Crippen LogP contribution is -2.42. The Labute approximate surface area is 175 Å². The Morgan fingerprint density at radius 3 is 2.53 bits per heavy atom. The highest BCUT2D eigenvalue weighted by molar-refractivity contribution is 6.47. The summed E-state index contributed by atoms with van der Waals surface area (Å²) < 4.78 is 7.03. The molecule has 3 rings (SSSR count). The minimum atomic E-state index is -0.507. The number of rotatable bonds is 3. The molecule has 9 nitrogen and oxygen atoms in total. The second kappa shape index (κ2) is 8.33. The number of pyridine rings is 1. The lowest BCUT2D eigenvalue weighted by molar-refractivity contribution is 0.0207. The molecule has 1 aliphatic rings. The number of carbonyl (C=O) groups excluding carboxylic acids is 1. The van der Waals surface area contributed by atoms with Gasteiger partial charge in [-0.2, -0.15) is 5.10 Å². The van der Waals surface area contributed by atoms with E-state index in [4.69, 9.17) is 15.6 Å². The molecule has 9 heteroatoms. The van der Waals surface area contributed by atoms with E-state index >= 15 is 0 Å². The monoisotopic (exact) mass is 414 g/mol. The van der Waals surface area contributed by atoms with Crippen LogP contribution in [0.1, 0.15) is 51.8 Å². The molecule has 2 aromatic rings. The summed E-state index contributed by atoms with van der Waals surface area (Å²) in [5.41, 5.74) is 2.62. The van der Waals surface area contributed by atoms with Crippen LogP contribution in [0.15, 0.2) is 33.2 Å². The normalized spacial score (nSPS) is 16.9. The van der Waals surface area contributed by atoms with Crippen molar-refractivity contribution in [1.82, 2.24) is 14.3 Å².